The Hall–Kier alpha value is -0.860. The number of nitrogens with zero attached hydrogens (tertiary/aromatic N) is 1. The van der Waals surface area contributed by atoms with Gasteiger partial charge in [0, 0.05) is 25.2 Å². The molecule has 2 heteroatoms. The number of benzene rings is 1. The maximum atomic E-state index is 3.66. The van der Waals surface area contributed by atoms with Crippen molar-refractivity contribution in [3.8, 4) is 0 Å². The first-order valence-electron chi connectivity index (χ1n) is 8.08. The third-order valence-electron chi connectivity index (χ3n) is 4.89. The molecule has 0 saturated heterocycles. The summed E-state index contributed by atoms with van der Waals surface area (Å²) < 4.78 is 0. The lowest BCUT2D eigenvalue weighted by atomic mass is 10.0. The quantitative estimate of drug-likeness (QED) is 0.848. The van der Waals surface area contributed by atoms with E-state index in [9.17, 15) is 0 Å². The van der Waals surface area contributed by atoms with Crippen LogP contribution in [0.5, 0.6) is 0 Å². The first-order chi connectivity index (χ1) is 9.58. The fourth-order valence-electron chi connectivity index (χ4n) is 3.14. The van der Waals surface area contributed by atoms with Crippen LogP contribution in [0.25, 0.3) is 0 Å². The molecule has 1 aliphatic rings. The topological polar surface area (TPSA) is 15.3 Å². The molecule has 1 aromatic carbocycles. The summed E-state index contributed by atoms with van der Waals surface area (Å²) in [6.07, 6.45) is 5.62. The van der Waals surface area contributed by atoms with E-state index >= 15 is 0 Å². The van der Waals surface area contributed by atoms with Crippen LogP contribution in [-0.4, -0.2) is 31.1 Å². The maximum Gasteiger partial charge on any atom is 0.0292 e. The third kappa shape index (κ3) is 4.07. The van der Waals surface area contributed by atoms with Crippen molar-refractivity contribution >= 4 is 0 Å². The molecule has 0 aromatic heterocycles. The van der Waals surface area contributed by atoms with Crippen LogP contribution in [0.15, 0.2) is 18.2 Å². The van der Waals surface area contributed by atoms with Crippen molar-refractivity contribution in [2.24, 2.45) is 0 Å². The fraction of sp³-hybridized carbons (Fsp3) is 0.667. The largest absolute Gasteiger partial charge is 0.309 e. The minimum absolute atomic E-state index is 0.436. The summed E-state index contributed by atoms with van der Waals surface area (Å²) in [7, 11) is 2.28. The van der Waals surface area contributed by atoms with Crippen molar-refractivity contribution in [2.75, 3.05) is 20.1 Å². The molecule has 1 atom stereocenters. The second-order valence-corrected chi connectivity index (χ2v) is 6.44. The highest BCUT2D eigenvalue weighted by atomic mass is 15.1. The molecule has 112 valence electrons. The SMILES string of the molecule is Cc1ccc(C(C)NCCN(C)C2CCCC2)cc1C. The lowest BCUT2D eigenvalue weighted by Gasteiger charge is -2.25. The van der Waals surface area contributed by atoms with E-state index in [1.54, 1.807) is 0 Å². The second kappa shape index (κ2) is 7.24. The molecule has 0 bridgehead atoms. The van der Waals surface area contributed by atoms with E-state index in [2.05, 4.69) is 56.2 Å². The fourth-order valence-corrected chi connectivity index (χ4v) is 3.14. The van der Waals surface area contributed by atoms with Gasteiger partial charge in [-0.25, -0.2) is 0 Å². The average molecular weight is 274 g/mol. The number of hydrogen-bond donors (Lipinski definition) is 1. The summed E-state index contributed by atoms with van der Waals surface area (Å²) in [5, 5.41) is 3.66. The van der Waals surface area contributed by atoms with Crippen LogP contribution < -0.4 is 5.32 Å². The van der Waals surface area contributed by atoms with Gasteiger partial charge in [0.15, 0.2) is 0 Å². The van der Waals surface area contributed by atoms with Crippen LogP contribution in [0.1, 0.15) is 55.3 Å². The van der Waals surface area contributed by atoms with Crippen molar-refractivity contribution in [3.63, 3.8) is 0 Å². The van der Waals surface area contributed by atoms with Gasteiger partial charge in [-0.15, -0.1) is 0 Å². The summed E-state index contributed by atoms with van der Waals surface area (Å²) in [4.78, 5) is 2.53. The van der Waals surface area contributed by atoms with Gasteiger partial charge in [-0.1, -0.05) is 31.0 Å². The number of aryl methyl sites for hydroxylation is 2. The highest BCUT2D eigenvalue weighted by molar-refractivity contribution is 5.31. The monoisotopic (exact) mass is 274 g/mol. The van der Waals surface area contributed by atoms with Crippen molar-refractivity contribution < 1.29 is 0 Å². The summed E-state index contributed by atoms with van der Waals surface area (Å²) >= 11 is 0. The predicted octanol–water partition coefficient (Wildman–Crippen LogP) is 3.83. The van der Waals surface area contributed by atoms with Crippen molar-refractivity contribution in [3.05, 3.63) is 34.9 Å². The smallest absolute Gasteiger partial charge is 0.0292 e. The lowest BCUT2D eigenvalue weighted by Crippen LogP contribution is -2.36. The number of hydrogen-bond acceptors (Lipinski definition) is 2. The molecule has 1 fully saturated rings. The Morgan fingerprint density at radius 1 is 1.20 bits per heavy atom. The van der Waals surface area contributed by atoms with Crippen LogP contribution >= 0.6 is 0 Å². The van der Waals surface area contributed by atoms with E-state index in [-0.39, 0.29) is 0 Å². The Labute approximate surface area is 124 Å². The van der Waals surface area contributed by atoms with Gasteiger partial charge in [0.2, 0.25) is 0 Å². The summed E-state index contributed by atoms with van der Waals surface area (Å²) in [5.41, 5.74) is 4.16. The molecule has 1 N–H and O–H groups in total. The molecule has 1 aromatic rings. The highest BCUT2D eigenvalue weighted by Crippen LogP contribution is 2.22. The van der Waals surface area contributed by atoms with Gasteiger partial charge in [-0.2, -0.15) is 0 Å². The van der Waals surface area contributed by atoms with Gasteiger partial charge in [0.1, 0.15) is 0 Å². The first-order valence-corrected chi connectivity index (χ1v) is 8.08. The number of nitrogens with one attached hydrogen (secondary N) is 1. The van der Waals surface area contributed by atoms with Crippen molar-refractivity contribution in [2.45, 2.75) is 58.5 Å². The molecule has 2 nitrogen and oxygen atoms in total. The lowest BCUT2D eigenvalue weighted by molar-refractivity contribution is 0.243. The Bertz CT molecular complexity index is 421. The zero-order valence-electron chi connectivity index (χ0n) is 13.6. The normalized spacial score (nSPS) is 17.9. The molecule has 0 spiro atoms. The van der Waals surface area contributed by atoms with Gasteiger partial charge in [-0.3, -0.25) is 0 Å². The van der Waals surface area contributed by atoms with E-state index in [0.29, 0.717) is 6.04 Å². The van der Waals surface area contributed by atoms with Crippen molar-refractivity contribution in [1.29, 1.82) is 0 Å². The molecular weight excluding hydrogens is 244 g/mol. The zero-order valence-corrected chi connectivity index (χ0v) is 13.6. The molecule has 2 rings (SSSR count). The Morgan fingerprint density at radius 3 is 2.55 bits per heavy atom. The van der Waals surface area contributed by atoms with Gasteiger partial charge < -0.3 is 10.2 Å². The zero-order chi connectivity index (χ0) is 14.5. The van der Waals surface area contributed by atoms with E-state index in [1.807, 2.05) is 0 Å². The molecule has 20 heavy (non-hydrogen) atoms. The summed E-state index contributed by atoms with van der Waals surface area (Å²) in [6, 6.07) is 8.06. The van der Waals surface area contributed by atoms with E-state index in [1.165, 1.54) is 42.4 Å². The molecule has 0 radical (unpaired) electrons. The van der Waals surface area contributed by atoms with Crippen LogP contribution in [0.2, 0.25) is 0 Å². The first kappa shape index (κ1) is 15.5. The Balaban J connectivity index is 1.76. The Kier molecular flexibility index (Phi) is 5.62. The van der Waals surface area contributed by atoms with Gasteiger partial charge in [0.05, 0.1) is 0 Å². The predicted molar refractivity (Wildman–Crippen MR) is 87.2 cm³/mol. The molecule has 1 unspecified atom stereocenters. The summed E-state index contributed by atoms with van der Waals surface area (Å²) in [5.74, 6) is 0. The number of rotatable bonds is 6. The van der Waals surface area contributed by atoms with Gasteiger partial charge in [0.25, 0.3) is 0 Å². The number of likely N-dealkylation sites (N-methyl/N-ethyl adjacent to an activating group) is 1. The van der Waals surface area contributed by atoms with E-state index < -0.39 is 0 Å². The average Bonchev–Trinajstić information content (AvgIpc) is 2.95. The van der Waals surface area contributed by atoms with E-state index in [4.69, 9.17) is 0 Å². The Morgan fingerprint density at radius 2 is 1.90 bits per heavy atom. The van der Waals surface area contributed by atoms with Crippen molar-refractivity contribution in [1.82, 2.24) is 10.2 Å². The minimum Gasteiger partial charge on any atom is -0.309 e. The third-order valence-corrected chi connectivity index (χ3v) is 4.89. The molecule has 1 aliphatic carbocycles. The van der Waals surface area contributed by atoms with Crippen LogP contribution in [0, 0.1) is 13.8 Å². The van der Waals surface area contributed by atoms with Crippen LogP contribution in [-0.2, 0) is 0 Å². The molecule has 0 amide bonds. The second-order valence-electron chi connectivity index (χ2n) is 6.44. The minimum atomic E-state index is 0.436. The summed E-state index contributed by atoms with van der Waals surface area (Å²) in [6.45, 7) is 8.85. The highest BCUT2D eigenvalue weighted by Gasteiger charge is 2.18. The standard InChI is InChI=1S/C18H30N2/c1-14-9-10-17(13-15(14)2)16(3)19-11-12-20(4)18-7-5-6-8-18/h9-10,13,16,18-19H,5-8,11-12H2,1-4H3. The van der Waals surface area contributed by atoms with Gasteiger partial charge >= 0.3 is 0 Å². The molecular formula is C18H30N2. The van der Waals surface area contributed by atoms with Gasteiger partial charge in [-0.05, 0) is 57.4 Å². The maximum absolute atomic E-state index is 3.66. The molecule has 0 heterocycles. The molecule has 0 aliphatic heterocycles. The van der Waals surface area contributed by atoms with E-state index in [0.717, 1.165) is 19.1 Å². The van der Waals surface area contributed by atoms with Crippen LogP contribution in [0.3, 0.4) is 0 Å². The molecule has 1 saturated carbocycles. The van der Waals surface area contributed by atoms with Crippen LogP contribution in [0.4, 0.5) is 0 Å².